The Kier molecular flexibility index (Phi) is 4.61. The van der Waals surface area contributed by atoms with Gasteiger partial charge in [0.25, 0.3) is 0 Å². The molecule has 0 aliphatic heterocycles. The van der Waals surface area contributed by atoms with E-state index in [0.717, 1.165) is 10.7 Å². The smallest absolute Gasteiger partial charge is 0.338 e. The van der Waals surface area contributed by atoms with E-state index in [0.29, 0.717) is 15.6 Å². The van der Waals surface area contributed by atoms with E-state index in [9.17, 15) is 9.90 Å². The quantitative estimate of drug-likeness (QED) is 0.687. The minimum absolute atomic E-state index is 0.227. The monoisotopic (exact) mass is 307 g/mol. The molecule has 5 nitrogen and oxygen atoms in total. The van der Waals surface area contributed by atoms with Gasteiger partial charge in [0.1, 0.15) is 21.4 Å². The van der Waals surface area contributed by atoms with Gasteiger partial charge < -0.3 is 5.11 Å². The number of carbonyl (C=O) groups is 1. The van der Waals surface area contributed by atoms with Gasteiger partial charge >= 0.3 is 5.97 Å². The summed E-state index contributed by atoms with van der Waals surface area (Å²) in [6.45, 7) is 3.62. The summed E-state index contributed by atoms with van der Waals surface area (Å²) in [7, 11) is 0. The van der Waals surface area contributed by atoms with Crippen LogP contribution in [0.15, 0.2) is 33.5 Å². The summed E-state index contributed by atoms with van der Waals surface area (Å²) in [6.07, 6.45) is 3.39. The van der Waals surface area contributed by atoms with Gasteiger partial charge in [-0.3, -0.25) is 0 Å². The zero-order valence-corrected chi connectivity index (χ0v) is 12.9. The number of carboxylic acids is 1. The van der Waals surface area contributed by atoms with Gasteiger partial charge in [-0.2, -0.15) is 0 Å². The molecule has 0 aromatic carbocycles. The third-order valence-electron chi connectivity index (χ3n) is 2.55. The zero-order chi connectivity index (χ0) is 14.7. The average molecular weight is 307 g/mol. The number of thioether (sulfide) groups is 1. The van der Waals surface area contributed by atoms with Gasteiger partial charge in [-0.15, -0.1) is 11.8 Å². The lowest BCUT2D eigenvalue weighted by Crippen LogP contribution is -2.05. The summed E-state index contributed by atoms with van der Waals surface area (Å²) in [4.78, 5) is 23.9. The highest BCUT2D eigenvalue weighted by molar-refractivity contribution is 7.99. The van der Waals surface area contributed by atoms with Crippen LogP contribution in [0.5, 0.6) is 0 Å². The zero-order valence-electron chi connectivity index (χ0n) is 11.2. The average Bonchev–Trinajstić information content (AvgIpc) is 2.37. The van der Waals surface area contributed by atoms with E-state index in [1.165, 1.54) is 29.9 Å². The highest BCUT2D eigenvalue weighted by atomic mass is 32.2. The minimum atomic E-state index is -0.975. The highest BCUT2D eigenvalue weighted by Gasteiger charge is 2.17. The first-order valence-electron chi connectivity index (χ1n) is 5.76. The molecule has 0 spiro atoms. The molecule has 1 N–H and O–H groups in total. The second-order valence-electron chi connectivity index (χ2n) is 4.07. The Labute approximate surface area is 125 Å². The third-order valence-corrected chi connectivity index (χ3v) is 4.12. The van der Waals surface area contributed by atoms with Crippen molar-refractivity contribution in [2.24, 2.45) is 0 Å². The molecular formula is C13H13N3O2S2. The van der Waals surface area contributed by atoms with E-state index < -0.39 is 5.97 Å². The fourth-order valence-corrected chi connectivity index (χ4v) is 3.19. The van der Waals surface area contributed by atoms with Crippen LogP contribution in [0, 0.1) is 13.8 Å². The van der Waals surface area contributed by atoms with Crippen molar-refractivity contribution in [2.75, 3.05) is 6.26 Å². The molecule has 0 saturated heterocycles. The topological polar surface area (TPSA) is 76.0 Å². The van der Waals surface area contributed by atoms with Crippen molar-refractivity contribution in [3.05, 3.63) is 35.3 Å². The standard InChI is InChI=1S/C13H13N3O2S2/c1-7-4-8(2)16-12(11(7)13(17)18)20-10-5-9(19-3)14-6-15-10/h4-6H,1-3H3,(H,17,18). The van der Waals surface area contributed by atoms with E-state index >= 15 is 0 Å². The number of nitrogens with zero attached hydrogens (tertiary/aromatic N) is 3. The van der Waals surface area contributed by atoms with Crippen LogP contribution < -0.4 is 0 Å². The van der Waals surface area contributed by atoms with Gasteiger partial charge in [0.15, 0.2) is 0 Å². The predicted molar refractivity (Wildman–Crippen MR) is 78.6 cm³/mol. The number of aryl methyl sites for hydroxylation is 2. The Balaban J connectivity index is 2.44. The van der Waals surface area contributed by atoms with Gasteiger partial charge in [-0.25, -0.2) is 19.7 Å². The van der Waals surface area contributed by atoms with Crippen molar-refractivity contribution in [3.8, 4) is 0 Å². The van der Waals surface area contributed by atoms with Crippen molar-refractivity contribution in [2.45, 2.75) is 28.9 Å². The molecule has 0 saturated carbocycles. The van der Waals surface area contributed by atoms with Gasteiger partial charge in [0.2, 0.25) is 0 Å². The molecule has 0 bridgehead atoms. The Morgan fingerprint density at radius 1 is 1.20 bits per heavy atom. The van der Waals surface area contributed by atoms with Crippen LogP contribution in [-0.2, 0) is 0 Å². The molecule has 2 heterocycles. The number of aromatic carboxylic acids is 1. The van der Waals surface area contributed by atoms with Crippen molar-refractivity contribution in [1.29, 1.82) is 0 Å². The Morgan fingerprint density at radius 2 is 1.90 bits per heavy atom. The van der Waals surface area contributed by atoms with Crippen molar-refractivity contribution in [1.82, 2.24) is 15.0 Å². The molecule has 0 unspecified atom stereocenters. The molecule has 0 aliphatic rings. The number of pyridine rings is 1. The predicted octanol–water partition coefficient (Wildman–Crippen LogP) is 3.06. The summed E-state index contributed by atoms with van der Waals surface area (Å²) in [6, 6.07) is 3.58. The summed E-state index contributed by atoms with van der Waals surface area (Å²) >= 11 is 2.75. The number of hydrogen-bond acceptors (Lipinski definition) is 6. The summed E-state index contributed by atoms with van der Waals surface area (Å²) in [5, 5.41) is 11.3. The largest absolute Gasteiger partial charge is 0.478 e. The van der Waals surface area contributed by atoms with E-state index in [1.54, 1.807) is 13.0 Å². The van der Waals surface area contributed by atoms with Crippen LogP contribution >= 0.6 is 23.5 Å². The van der Waals surface area contributed by atoms with Crippen molar-refractivity contribution >= 4 is 29.5 Å². The number of rotatable bonds is 4. The lowest BCUT2D eigenvalue weighted by molar-refractivity contribution is 0.0691. The van der Waals surface area contributed by atoms with Gasteiger partial charge in [-0.05, 0) is 43.5 Å². The fraction of sp³-hybridized carbons (Fsp3) is 0.231. The Hall–Kier alpha value is -1.60. The highest BCUT2D eigenvalue weighted by Crippen LogP contribution is 2.30. The molecule has 0 aliphatic carbocycles. The van der Waals surface area contributed by atoms with Crippen molar-refractivity contribution < 1.29 is 9.90 Å². The molecule has 2 aromatic rings. The lowest BCUT2D eigenvalue weighted by atomic mass is 10.1. The third kappa shape index (κ3) is 3.29. The van der Waals surface area contributed by atoms with Crippen LogP contribution in [-0.4, -0.2) is 32.3 Å². The first-order chi connectivity index (χ1) is 9.51. The molecule has 20 heavy (non-hydrogen) atoms. The van der Waals surface area contributed by atoms with Crippen molar-refractivity contribution in [3.63, 3.8) is 0 Å². The number of aromatic nitrogens is 3. The maximum absolute atomic E-state index is 11.4. The van der Waals surface area contributed by atoms with Gasteiger partial charge in [0.05, 0.1) is 5.56 Å². The first kappa shape index (κ1) is 14.8. The van der Waals surface area contributed by atoms with Crippen LogP contribution in [0.3, 0.4) is 0 Å². The molecular weight excluding hydrogens is 294 g/mol. The molecule has 2 rings (SSSR count). The fourth-order valence-electron chi connectivity index (χ4n) is 1.73. The molecule has 2 aromatic heterocycles. The van der Waals surface area contributed by atoms with E-state index in [1.807, 2.05) is 19.2 Å². The second-order valence-corrected chi connectivity index (χ2v) is 5.90. The molecule has 0 atom stereocenters. The van der Waals surface area contributed by atoms with E-state index in [4.69, 9.17) is 0 Å². The number of carboxylic acid groups (broad SMARTS) is 1. The van der Waals surface area contributed by atoms with Crippen LogP contribution in [0.25, 0.3) is 0 Å². The molecule has 7 heteroatoms. The Bertz CT molecular complexity index is 662. The molecule has 0 radical (unpaired) electrons. The molecule has 0 fully saturated rings. The first-order valence-corrected chi connectivity index (χ1v) is 7.81. The summed E-state index contributed by atoms with van der Waals surface area (Å²) < 4.78 is 0. The van der Waals surface area contributed by atoms with Crippen LogP contribution in [0.4, 0.5) is 0 Å². The van der Waals surface area contributed by atoms with E-state index in [-0.39, 0.29) is 5.56 Å². The molecule has 104 valence electrons. The summed E-state index contributed by atoms with van der Waals surface area (Å²) in [5.74, 6) is -0.975. The SMILES string of the molecule is CSc1cc(Sc2nc(C)cc(C)c2C(=O)O)ncn1. The van der Waals surface area contributed by atoms with Gasteiger partial charge in [0, 0.05) is 11.8 Å². The lowest BCUT2D eigenvalue weighted by Gasteiger charge is -2.09. The van der Waals surface area contributed by atoms with Gasteiger partial charge in [-0.1, -0.05) is 0 Å². The van der Waals surface area contributed by atoms with Crippen LogP contribution in [0.1, 0.15) is 21.6 Å². The van der Waals surface area contributed by atoms with E-state index in [2.05, 4.69) is 15.0 Å². The van der Waals surface area contributed by atoms with Crippen LogP contribution in [0.2, 0.25) is 0 Å². The molecule has 0 amide bonds. The number of hydrogen-bond donors (Lipinski definition) is 1. The normalized spacial score (nSPS) is 10.6. The minimum Gasteiger partial charge on any atom is -0.478 e. The Morgan fingerprint density at radius 3 is 2.55 bits per heavy atom. The summed E-state index contributed by atoms with van der Waals surface area (Å²) in [5.41, 5.74) is 1.71. The second kappa shape index (κ2) is 6.23. The maximum atomic E-state index is 11.4. The maximum Gasteiger partial charge on any atom is 0.338 e.